The smallest absolute Gasteiger partial charge is 0.135 e. The zero-order valence-electron chi connectivity index (χ0n) is 11.5. The van der Waals surface area contributed by atoms with Gasteiger partial charge in [-0.25, -0.2) is 0 Å². The second-order valence-corrected chi connectivity index (χ2v) is 6.95. The van der Waals surface area contributed by atoms with E-state index in [9.17, 15) is 0 Å². The number of anilines is 1. The summed E-state index contributed by atoms with van der Waals surface area (Å²) in [6.07, 6.45) is 6.55. The molecule has 0 atom stereocenters. The van der Waals surface area contributed by atoms with E-state index in [4.69, 9.17) is 4.74 Å². The van der Waals surface area contributed by atoms with Crippen molar-refractivity contribution in [3.63, 3.8) is 0 Å². The van der Waals surface area contributed by atoms with Crippen molar-refractivity contribution in [3.8, 4) is 5.75 Å². The summed E-state index contributed by atoms with van der Waals surface area (Å²) in [4.78, 5) is 0. The fourth-order valence-corrected chi connectivity index (χ4v) is 4.00. The van der Waals surface area contributed by atoms with Gasteiger partial charge in [0.25, 0.3) is 0 Å². The van der Waals surface area contributed by atoms with Crippen molar-refractivity contribution in [1.82, 2.24) is 0 Å². The lowest BCUT2D eigenvalue weighted by molar-refractivity contribution is 0.330. The summed E-state index contributed by atoms with van der Waals surface area (Å²) in [6, 6.07) is 4.68. The molecule has 1 aromatic rings. The first kappa shape index (κ1) is 15.2. The first-order valence-electron chi connectivity index (χ1n) is 6.93. The molecule has 1 N–H and O–H groups in total. The highest BCUT2D eigenvalue weighted by Crippen LogP contribution is 2.36. The molecule has 0 radical (unpaired) electrons. The van der Waals surface area contributed by atoms with Gasteiger partial charge in [0, 0.05) is 16.6 Å². The minimum Gasteiger partial charge on any atom is -0.495 e. The van der Waals surface area contributed by atoms with Crippen LogP contribution >= 0.6 is 31.9 Å². The maximum absolute atomic E-state index is 5.36. The van der Waals surface area contributed by atoms with Gasteiger partial charge >= 0.3 is 0 Å². The third-order valence-electron chi connectivity index (χ3n) is 4.03. The number of nitrogens with one attached hydrogen (secondary N) is 1. The molecule has 19 heavy (non-hydrogen) atoms. The molecule has 0 saturated heterocycles. The van der Waals surface area contributed by atoms with E-state index in [0.29, 0.717) is 6.04 Å². The summed E-state index contributed by atoms with van der Waals surface area (Å²) in [7, 11) is 1.70. The molecular weight excluding hydrogens is 370 g/mol. The molecule has 0 aliphatic heterocycles. The van der Waals surface area contributed by atoms with Crippen molar-refractivity contribution >= 4 is 37.5 Å². The first-order valence-corrected chi connectivity index (χ1v) is 8.52. The molecule has 1 aliphatic rings. The van der Waals surface area contributed by atoms with E-state index < -0.39 is 0 Å². The third kappa shape index (κ3) is 3.88. The predicted molar refractivity (Wildman–Crippen MR) is 88.1 cm³/mol. The van der Waals surface area contributed by atoms with Crippen LogP contribution in [0.1, 0.15) is 39.0 Å². The number of hydrogen-bond donors (Lipinski definition) is 1. The molecule has 2 rings (SSSR count). The van der Waals surface area contributed by atoms with E-state index in [1.54, 1.807) is 7.11 Å². The maximum atomic E-state index is 5.36. The molecule has 0 unspecified atom stereocenters. The third-order valence-corrected chi connectivity index (χ3v) is 5.30. The highest BCUT2D eigenvalue weighted by Gasteiger charge is 2.20. The molecule has 0 aromatic heterocycles. The zero-order valence-corrected chi connectivity index (χ0v) is 14.7. The molecule has 1 saturated carbocycles. The summed E-state index contributed by atoms with van der Waals surface area (Å²) >= 11 is 7.12. The number of rotatable bonds is 4. The van der Waals surface area contributed by atoms with Crippen molar-refractivity contribution in [3.05, 3.63) is 21.1 Å². The fraction of sp³-hybridized carbons (Fsp3) is 0.600. The van der Waals surface area contributed by atoms with Crippen LogP contribution in [0.2, 0.25) is 0 Å². The van der Waals surface area contributed by atoms with Gasteiger partial charge in [0.05, 0.1) is 17.3 Å². The Hall–Kier alpha value is -0.220. The largest absolute Gasteiger partial charge is 0.495 e. The highest BCUT2D eigenvalue weighted by atomic mass is 79.9. The van der Waals surface area contributed by atoms with E-state index >= 15 is 0 Å². The number of benzene rings is 1. The van der Waals surface area contributed by atoms with Crippen LogP contribution in [0.25, 0.3) is 0 Å². The summed E-state index contributed by atoms with van der Waals surface area (Å²) in [5.41, 5.74) is 1.12. The van der Waals surface area contributed by atoms with Crippen molar-refractivity contribution in [2.45, 2.75) is 45.1 Å². The van der Waals surface area contributed by atoms with E-state index in [1.807, 2.05) is 6.07 Å². The molecule has 0 bridgehead atoms. The zero-order chi connectivity index (χ0) is 13.8. The molecule has 0 amide bonds. The molecule has 4 heteroatoms. The second kappa shape index (κ2) is 6.98. The average Bonchev–Trinajstić information content (AvgIpc) is 2.42. The van der Waals surface area contributed by atoms with Crippen molar-refractivity contribution in [1.29, 1.82) is 0 Å². The van der Waals surface area contributed by atoms with Crippen LogP contribution in [0.5, 0.6) is 5.75 Å². The molecule has 0 spiro atoms. The van der Waals surface area contributed by atoms with Gasteiger partial charge in [-0.2, -0.15) is 0 Å². The fourth-order valence-electron chi connectivity index (χ4n) is 2.73. The Bertz CT molecular complexity index is 428. The molecule has 1 fully saturated rings. The van der Waals surface area contributed by atoms with E-state index in [0.717, 1.165) is 26.3 Å². The van der Waals surface area contributed by atoms with Gasteiger partial charge in [-0.1, -0.05) is 13.3 Å². The van der Waals surface area contributed by atoms with Crippen LogP contribution in [-0.2, 0) is 0 Å². The Morgan fingerprint density at radius 3 is 2.42 bits per heavy atom. The Morgan fingerprint density at radius 1 is 1.16 bits per heavy atom. The minimum absolute atomic E-state index is 0.588. The van der Waals surface area contributed by atoms with Crippen LogP contribution < -0.4 is 10.1 Å². The molecule has 1 aliphatic carbocycles. The molecule has 0 heterocycles. The summed E-state index contributed by atoms with van der Waals surface area (Å²) < 4.78 is 7.41. The predicted octanol–water partition coefficient (Wildman–Crippen LogP) is 5.60. The lowest BCUT2D eigenvalue weighted by Gasteiger charge is -2.29. The SMILES string of the molecule is CCC1CCC(Nc2cc(OC)c(Br)cc2Br)CC1. The van der Waals surface area contributed by atoms with Crippen molar-refractivity contribution in [2.24, 2.45) is 5.92 Å². The first-order chi connectivity index (χ1) is 9.13. The maximum Gasteiger partial charge on any atom is 0.135 e. The Kier molecular flexibility index (Phi) is 5.58. The Balaban J connectivity index is 2.03. The Morgan fingerprint density at radius 2 is 1.84 bits per heavy atom. The van der Waals surface area contributed by atoms with Crippen LogP contribution in [0.4, 0.5) is 5.69 Å². The van der Waals surface area contributed by atoms with E-state index in [1.165, 1.54) is 32.1 Å². The highest BCUT2D eigenvalue weighted by molar-refractivity contribution is 9.11. The average molecular weight is 391 g/mol. The molecular formula is C15H21Br2NO. The summed E-state index contributed by atoms with van der Waals surface area (Å²) in [5, 5.41) is 3.65. The number of halogens is 2. The topological polar surface area (TPSA) is 21.3 Å². The quantitative estimate of drug-likeness (QED) is 0.722. The van der Waals surface area contributed by atoms with Gasteiger partial charge in [0.2, 0.25) is 0 Å². The number of hydrogen-bond acceptors (Lipinski definition) is 2. The monoisotopic (exact) mass is 389 g/mol. The van der Waals surface area contributed by atoms with Gasteiger partial charge in [0.15, 0.2) is 0 Å². The van der Waals surface area contributed by atoms with Crippen LogP contribution in [0, 0.1) is 5.92 Å². The number of ether oxygens (including phenoxy) is 1. The van der Waals surface area contributed by atoms with Gasteiger partial charge in [-0.3, -0.25) is 0 Å². The lowest BCUT2D eigenvalue weighted by Crippen LogP contribution is -2.26. The van der Waals surface area contributed by atoms with Crippen molar-refractivity contribution < 1.29 is 4.74 Å². The van der Waals surface area contributed by atoms with Crippen molar-refractivity contribution in [2.75, 3.05) is 12.4 Å². The molecule has 2 nitrogen and oxygen atoms in total. The van der Waals surface area contributed by atoms with Crippen LogP contribution in [-0.4, -0.2) is 13.2 Å². The minimum atomic E-state index is 0.588. The molecule has 1 aromatic carbocycles. The lowest BCUT2D eigenvalue weighted by atomic mass is 9.84. The second-order valence-electron chi connectivity index (χ2n) is 5.24. The van der Waals surface area contributed by atoms with Crippen LogP contribution in [0.3, 0.4) is 0 Å². The Labute approximate surface area is 132 Å². The van der Waals surface area contributed by atoms with Gasteiger partial charge in [-0.05, 0) is 69.5 Å². The van der Waals surface area contributed by atoms with Crippen LogP contribution in [0.15, 0.2) is 21.1 Å². The van der Waals surface area contributed by atoms with Gasteiger partial charge < -0.3 is 10.1 Å². The summed E-state index contributed by atoms with van der Waals surface area (Å²) in [5.74, 6) is 1.80. The normalized spacial score (nSPS) is 23.2. The van der Waals surface area contributed by atoms with Gasteiger partial charge in [-0.15, -0.1) is 0 Å². The standard InChI is InChI=1S/C15H21Br2NO/c1-3-10-4-6-11(7-5-10)18-14-9-15(19-2)13(17)8-12(14)16/h8-11,18H,3-7H2,1-2H3. The van der Waals surface area contributed by atoms with E-state index in [-0.39, 0.29) is 0 Å². The summed E-state index contributed by atoms with van der Waals surface area (Å²) in [6.45, 7) is 2.30. The van der Waals surface area contributed by atoms with E-state index in [2.05, 4.69) is 50.2 Å². The molecule has 106 valence electrons. The number of methoxy groups -OCH3 is 1. The van der Waals surface area contributed by atoms with Gasteiger partial charge in [0.1, 0.15) is 5.75 Å².